The molecule has 1 N–H and O–H groups in total. The van der Waals surface area contributed by atoms with Crippen molar-refractivity contribution in [3.05, 3.63) is 22.6 Å². The standard InChI is InChI=1S/C15H22BrNO3/c1-15(18)6-8-19-10-12(15)13-3-2-7-17(13)9-11-4-5-14(16)20-11/h4-5,12-13,18H,2-3,6-10H2,1H3. The predicted octanol–water partition coefficient (Wildman–Crippen LogP) is 2.79. The van der Waals surface area contributed by atoms with E-state index in [1.54, 1.807) is 0 Å². The summed E-state index contributed by atoms with van der Waals surface area (Å²) < 4.78 is 12.0. The normalized spacial score (nSPS) is 35.5. The highest BCUT2D eigenvalue weighted by molar-refractivity contribution is 9.10. The third-order valence-electron chi connectivity index (χ3n) is 4.72. The van der Waals surface area contributed by atoms with Crippen LogP contribution in [0.4, 0.5) is 0 Å². The molecule has 0 aromatic carbocycles. The van der Waals surface area contributed by atoms with Crippen LogP contribution in [0.1, 0.15) is 31.9 Å². The number of halogens is 1. The Morgan fingerprint density at radius 1 is 1.50 bits per heavy atom. The Labute approximate surface area is 128 Å². The van der Waals surface area contributed by atoms with Crippen LogP contribution in [-0.2, 0) is 11.3 Å². The van der Waals surface area contributed by atoms with Gasteiger partial charge in [0.15, 0.2) is 4.67 Å². The molecule has 4 nitrogen and oxygen atoms in total. The Bertz CT molecular complexity index is 460. The van der Waals surface area contributed by atoms with Crippen molar-refractivity contribution >= 4 is 15.9 Å². The van der Waals surface area contributed by atoms with Gasteiger partial charge in [0.05, 0.1) is 18.8 Å². The van der Waals surface area contributed by atoms with Crippen molar-refractivity contribution in [2.24, 2.45) is 5.92 Å². The van der Waals surface area contributed by atoms with Gasteiger partial charge in [0.1, 0.15) is 5.76 Å². The zero-order valence-electron chi connectivity index (χ0n) is 11.8. The fourth-order valence-corrected chi connectivity index (χ4v) is 3.86. The quantitative estimate of drug-likeness (QED) is 0.916. The SMILES string of the molecule is CC1(O)CCOCC1C1CCCN1Cc1ccc(Br)o1. The van der Waals surface area contributed by atoms with Gasteiger partial charge in [0, 0.05) is 18.6 Å². The van der Waals surface area contributed by atoms with E-state index >= 15 is 0 Å². The van der Waals surface area contributed by atoms with Gasteiger partial charge in [0.2, 0.25) is 0 Å². The topological polar surface area (TPSA) is 45.8 Å². The van der Waals surface area contributed by atoms with Crippen LogP contribution in [0.2, 0.25) is 0 Å². The molecular formula is C15H22BrNO3. The Kier molecular flexibility index (Phi) is 4.22. The summed E-state index contributed by atoms with van der Waals surface area (Å²) in [5.74, 6) is 1.16. The van der Waals surface area contributed by atoms with Crippen LogP contribution in [0.3, 0.4) is 0 Å². The van der Waals surface area contributed by atoms with Crippen LogP contribution in [0.25, 0.3) is 0 Å². The minimum atomic E-state index is -0.616. The minimum Gasteiger partial charge on any atom is -0.453 e. The van der Waals surface area contributed by atoms with Gasteiger partial charge in [-0.15, -0.1) is 0 Å². The number of furan rings is 1. The van der Waals surface area contributed by atoms with Gasteiger partial charge < -0.3 is 14.3 Å². The molecule has 5 heteroatoms. The fraction of sp³-hybridized carbons (Fsp3) is 0.733. The summed E-state index contributed by atoms with van der Waals surface area (Å²) in [4.78, 5) is 2.43. The first-order chi connectivity index (χ1) is 9.56. The number of aliphatic hydroxyl groups is 1. The van der Waals surface area contributed by atoms with Gasteiger partial charge in [-0.2, -0.15) is 0 Å². The van der Waals surface area contributed by atoms with E-state index in [9.17, 15) is 5.11 Å². The van der Waals surface area contributed by atoms with E-state index in [0.29, 0.717) is 19.3 Å². The second kappa shape index (κ2) is 5.79. The van der Waals surface area contributed by atoms with Crippen LogP contribution in [0.15, 0.2) is 21.2 Å². The third kappa shape index (κ3) is 2.96. The first-order valence-corrected chi connectivity index (χ1v) is 8.14. The Morgan fingerprint density at radius 2 is 2.35 bits per heavy atom. The largest absolute Gasteiger partial charge is 0.453 e. The van der Waals surface area contributed by atoms with E-state index in [-0.39, 0.29) is 5.92 Å². The van der Waals surface area contributed by atoms with Crippen molar-refractivity contribution in [2.45, 2.75) is 44.4 Å². The molecule has 0 bridgehead atoms. The Morgan fingerprint density at radius 3 is 3.05 bits per heavy atom. The smallest absolute Gasteiger partial charge is 0.169 e. The summed E-state index contributed by atoms with van der Waals surface area (Å²) in [6, 6.07) is 4.32. The van der Waals surface area contributed by atoms with E-state index < -0.39 is 5.60 Å². The summed E-state index contributed by atoms with van der Waals surface area (Å²) in [5.41, 5.74) is -0.616. The van der Waals surface area contributed by atoms with E-state index in [0.717, 1.165) is 36.4 Å². The molecule has 1 aromatic rings. The summed E-state index contributed by atoms with van der Waals surface area (Å²) >= 11 is 3.35. The van der Waals surface area contributed by atoms with Crippen LogP contribution >= 0.6 is 15.9 Å². The number of likely N-dealkylation sites (tertiary alicyclic amines) is 1. The van der Waals surface area contributed by atoms with Crippen molar-refractivity contribution < 1.29 is 14.3 Å². The van der Waals surface area contributed by atoms with Crippen LogP contribution < -0.4 is 0 Å². The Hall–Kier alpha value is -0.360. The molecule has 0 saturated carbocycles. The van der Waals surface area contributed by atoms with Gasteiger partial charge in [-0.1, -0.05) is 0 Å². The Balaban J connectivity index is 1.71. The molecule has 0 amide bonds. The molecular weight excluding hydrogens is 322 g/mol. The van der Waals surface area contributed by atoms with Crippen molar-refractivity contribution in [2.75, 3.05) is 19.8 Å². The summed E-state index contributed by atoms with van der Waals surface area (Å²) in [6.07, 6.45) is 3.04. The fourth-order valence-electron chi connectivity index (χ4n) is 3.52. The number of rotatable bonds is 3. The lowest BCUT2D eigenvalue weighted by Crippen LogP contribution is -2.52. The van der Waals surface area contributed by atoms with Crippen LogP contribution in [-0.4, -0.2) is 41.4 Å². The summed E-state index contributed by atoms with van der Waals surface area (Å²) in [6.45, 7) is 5.16. The van der Waals surface area contributed by atoms with Crippen LogP contribution in [0.5, 0.6) is 0 Å². The number of hydrogen-bond donors (Lipinski definition) is 1. The zero-order valence-corrected chi connectivity index (χ0v) is 13.4. The molecule has 1 aromatic heterocycles. The molecule has 112 valence electrons. The first-order valence-electron chi connectivity index (χ1n) is 7.35. The van der Waals surface area contributed by atoms with Crippen LogP contribution in [0, 0.1) is 5.92 Å². The second-order valence-corrected chi connectivity index (χ2v) is 6.96. The number of nitrogens with zero attached hydrogens (tertiary/aromatic N) is 1. The molecule has 2 aliphatic rings. The van der Waals surface area contributed by atoms with Crippen molar-refractivity contribution in [3.8, 4) is 0 Å². The van der Waals surface area contributed by atoms with Gasteiger partial charge in [-0.3, -0.25) is 4.90 Å². The zero-order chi connectivity index (χ0) is 14.2. The molecule has 3 rings (SSSR count). The maximum Gasteiger partial charge on any atom is 0.169 e. The minimum absolute atomic E-state index is 0.192. The summed E-state index contributed by atoms with van der Waals surface area (Å²) in [5, 5.41) is 10.6. The molecule has 3 unspecified atom stereocenters. The van der Waals surface area contributed by atoms with Crippen molar-refractivity contribution in [1.29, 1.82) is 0 Å². The molecule has 20 heavy (non-hydrogen) atoms. The molecule has 3 atom stereocenters. The highest BCUT2D eigenvalue weighted by atomic mass is 79.9. The van der Waals surface area contributed by atoms with E-state index in [4.69, 9.17) is 9.15 Å². The van der Waals surface area contributed by atoms with Gasteiger partial charge in [0.25, 0.3) is 0 Å². The predicted molar refractivity (Wildman–Crippen MR) is 79.4 cm³/mol. The first kappa shape index (κ1) is 14.6. The lowest BCUT2D eigenvalue weighted by Gasteiger charge is -2.43. The van der Waals surface area contributed by atoms with Crippen molar-refractivity contribution in [1.82, 2.24) is 4.90 Å². The monoisotopic (exact) mass is 343 g/mol. The average Bonchev–Trinajstić information content (AvgIpc) is 2.99. The third-order valence-corrected chi connectivity index (χ3v) is 5.14. The molecule has 3 heterocycles. The van der Waals surface area contributed by atoms with Gasteiger partial charge >= 0.3 is 0 Å². The van der Waals surface area contributed by atoms with Crippen molar-refractivity contribution in [3.63, 3.8) is 0 Å². The van der Waals surface area contributed by atoms with Gasteiger partial charge in [-0.25, -0.2) is 0 Å². The second-order valence-electron chi connectivity index (χ2n) is 6.17. The highest BCUT2D eigenvalue weighted by Crippen LogP contribution is 2.36. The molecule has 0 radical (unpaired) electrons. The maximum absolute atomic E-state index is 10.6. The maximum atomic E-state index is 10.6. The molecule has 0 aliphatic carbocycles. The molecule has 2 aliphatic heterocycles. The van der Waals surface area contributed by atoms with E-state index in [2.05, 4.69) is 20.8 Å². The molecule has 0 spiro atoms. The summed E-state index contributed by atoms with van der Waals surface area (Å²) in [7, 11) is 0. The van der Waals surface area contributed by atoms with E-state index in [1.165, 1.54) is 6.42 Å². The number of hydrogen-bond acceptors (Lipinski definition) is 4. The van der Waals surface area contributed by atoms with E-state index in [1.807, 2.05) is 19.1 Å². The lowest BCUT2D eigenvalue weighted by molar-refractivity contribution is -0.124. The lowest BCUT2D eigenvalue weighted by atomic mass is 9.79. The van der Waals surface area contributed by atoms with Gasteiger partial charge in [-0.05, 0) is 60.8 Å². The number of ether oxygens (including phenoxy) is 1. The average molecular weight is 344 g/mol. The molecule has 2 fully saturated rings. The molecule has 2 saturated heterocycles. The highest BCUT2D eigenvalue weighted by Gasteiger charge is 2.44.